The van der Waals surface area contributed by atoms with Gasteiger partial charge in [0.1, 0.15) is 17.9 Å². The molecule has 0 spiro atoms. The number of nitrogens with zero attached hydrogens (tertiary/aromatic N) is 2. The van der Waals surface area contributed by atoms with Gasteiger partial charge in [0, 0.05) is 12.1 Å². The lowest BCUT2D eigenvalue weighted by molar-refractivity contribution is -0.116. The van der Waals surface area contributed by atoms with Crippen LogP contribution in [-0.4, -0.2) is 15.5 Å². The Balaban J connectivity index is 1.90. The van der Waals surface area contributed by atoms with Gasteiger partial charge < -0.3 is 15.6 Å². The molecule has 1 heterocycles. The SMILES string of the molecule is CCc1nc2c(N)cccc2n1CC(=O)Nc1ccccc1C. The molecule has 0 radical (unpaired) electrons. The van der Waals surface area contributed by atoms with Crippen LogP contribution in [-0.2, 0) is 17.8 Å². The molecule has 23 heavy (non-hydrogen) atoms. The molecule has 118 valence electrons. The Kier molecular flexibility index (Phi) is 4.02. The molecule has 0 fully saturated rings. The summed E-state index contributed by atoms with van der Waals surface area (Å²) in [6.07, 6.45) is 0.742. The number of rotatable bonds is 4. The summed E-state index contributed by atoms with van der Waals surface area (Å²) < 4.78 is 1.93. The Morgan fingerprint density at radius 1 is 1.22 bits per heavy atom. The van der Waals surface area contributed by atoms with Crippen LogP contribution in [0.15, 0.2) is 42.5 Å². The van der Waals surface area contributed by atoms with Gasteiger partial charge in [-0.15, -0.1) is 0 Å². The second kappa shape index (κ2) is 6.12. The highest BCUT2D eigenvalue weighted by molar-refractivity contribution is 5.93. The van der Waals surface area contributed by atoms with E-state index in [2.05, 4.69) is 10.3 Å². The summed E-state index contributed by atoms with van der Waals surface area (Å²) >= 11 is 0. The van der Waals surface area contributed by atoms with Gasteiger partial charge in [0.05, 0.1) is 11.2 Å². The van der Waals surface area contributed by atoms with Gasteiger partial charge in [0.25, 0.3) is 0 Å². The van der Waals surface area contributed by atoms with Crippen LogP contribution in [0.2, 0.25) is 0 Å². The number of nitrogens with two attached hydrogens (primary N) is 1. The fourth-order valence-corrected chi connectivity index (χ4v) is 2.71. The van der Waals surface area contributed by atoms with Crippen molar-refractivity contribution in [2.45, 2.75) is 26.8 Å². The molecule has 0 aliphatic heterocycles. The van der Waals surface area contributed by atoms with Crippen LogP contribution in [0.5, 0.6) is 0 Å². The molecule has 5 heteroatoms. The van der Waals surface area contributed by atoms with E-state index in [0.29, 0.717) is 5.69 Å². The van der Waals surface area contributed by atoms with Crippen molar-refractivity contribution in [2.24, 2.45) is 0 Å². The second-order valence-corrected chi connectivity index (χ2v) is 5.55. The van der Waals surface area contributed by atoms with E-state index in [-0.39, 0.29) is 12.5 Å². The quantitative estimate of drug-likeness (QED) is 0.727. The van der Waals surface area contributed by atoms with Crippen LogP contribution in [0.3, 0.4) is 0 Å². The third-order valence-corrected chi connectivity index (χ3v) is 3.93. The molecule has 3 aromatic rings. The number of fused-ring (bicyclic) bond motifs is 1. The Morgan fingerprint density at radius 3 is 2.74 bits per heavy atom. The largest absolute Gasteiger partial charge is 0.397 e. The van der Waals surface area contributed by atoms with Crippen molar-refractivity contribution >= 4 is 28.3 Å². The van der Waals surface area contributed by atoms with E-state index in [1.807, 2.05) is 60.9 Å². The zero-order chi connectivity index (χ0) is 16.4. The van der Waals surface area contributed by atoms with Crippen LogP contribution in [0, 0.1) is 6.92 Å². The predicted octanol–water partition coefficient (Wildman–Crippen LogP) is 3.13. The van der Waals surface area contributed by atoms with E-state index in [9.17, 15) is 4.79 Å². The van der Waals surface area contributed by atoms with E-state index in [0.717, 1.165) is 34.5 Å². The van der Waals surface area contributed by atoms with Gasteiger partial charge in [-0.2, -0.15) is 0 Å². The summed E-state index contributed by atoms with van der Waals surface area (Å²) in [5, 5.41) is 2.96. The van der Waals surface area contributed by atoms with E-state index < -0.39 is 0 Å². The van der Waals surface area contributed by atoms with Crippen molar-refractivity contribution in [1.29, 1.82) is 0 Å². The lowest BCUT2D eigenvalue weighted by Gasteiger charge is -2.11. The van der Waals surface area contributed by atoms with Gasteiger partial charge in [-0.1, -0.05) is 31.2 Å². The lowest BCUT2D eigenvalue weighted by Crippen LogP contribution is -2.20. The molecule has 5 nitrogen and oxygen atoms in total. The number of amides is 1. The molecule has 2 aromatic carbocycles. The number of carbonyl (C=O) groups is 1. The van der Waals surface area contributed by atoms with Crippen molar-refractivity contribution in [3.05, 3.63) is 53.9 Å². The summed E-state index contributed by atoms with van der Waals surface area (Å²) in [7, 11) is 0. The molecule has 0 aliphatic rings. The van der Waals surface area contributed by atoms with Crippen molar-refractivity contribution in [3.63, 3.8) is 0 Å². The molecule has 0 saturated heterocycles. The van der Waals surface area contributed by atoms with Crippen LogP contribution < -0.4 is 11.1 Å². The van der Waals surface area contributed by atoms with E-state index in [4.69, 9.17) is 5.73 Å². The minimum atomic E-state index is -0.0734. The molecule has 1 amide bonds. The Hall–Kier alpha value is -2.82. The number of anilines is 2. The maximum atomic E-state index is 12.4. The molecule has 3 rings (SSSR count). The number of carbonyl (C=O) groups excluding carboxylic acids is 1. The molecule has 0 unspecified atom stereocenters. The molecular formula is C18H20N4O. The topological polar surface area (TPSA) is 72.9 Å². The van der Waals surface area contributed by atoms with Crippen LogP contribution >= 0.6 is 0 Å². The van der Waals surface area contributed by atoms with Gasteiger partial charge in [0.2, 0.25) is 5.91 Å². The maximum absolute atomic E-state index is 12.4. The van der Waals surface area contributed by atoms with E-state index in [1.54, 1.807) is 0 Å². The van der Waals surface area contributed by atoms with Gasteiger partial charge in [-0.05, 0) is 30.7 Å². The normalized spacial score (nSPS) is 10.9. The molecule has 0 aliphatic carbocycles. The summed E-state index contributed by atoms with van der Waals surface area (Å²) in [6.45, 7) is 4.21. The number of hydrogen-bond acceptors (Lipinski definition) is 3. The van der Waals surface area contributed by atoms with Gasteiger partial charge in [-0.3, -0.25) is 4.79 Å². The van der Waals surface area contributed by atoms with Crippen molar-refractivity contribution in [2.75, 3.05) is 11.1 Å². The Bertz CT molecular complexity index is 867. The first kappa shape index (κ1) is 15.1. The fourth-order valence-electron chi connectivity index (χ4n) is 2.71. The summed E-state index contributed by atoms with van der Waals surface area (Å²) in [5.74, 6) is 0.786. The van der Waals surface area contributed by atoms with Gasteiger partial charge in [-0.25, -0.2) is 4.98 Å². The first-order valence-electron chi connectivity index (χ1n) is 7.69. The number of nitrogen functional groups attached to an aromatic ring is 1. The lowest BCUT2D eigenvalue weighted by atomic mass is 10.2. The predicted molar refractivity (Wildman–Crippen MR) is 93.3 cm³/mol. The molecule has 0 bridgehead atoms. The third kappa shape index (κ3) is 2.90. The Morgan fingerprint density at radius 2 is 2.00 bits per heavy atom. The number of aromatic nitrogens is 2. The number of aryl methyl sites for hydroxylation is 2. The summed E-state index contributed by atoms with van der Waals surface area (Å²) in [4.78, 5) is 17.0. The Labute approximate surface area is 135 Å². The van der Waals surface area contributed by atoms with Gasteiger partial charge in [0.15, 0.2) is 0 Å². The average molecular weight is 308 g/mol. The summed E-state index contributed by atoms with van der Waals surface area (Å²) in [6, 6.07) is 13.4. The monoisotopic (exact) mass is 308 g/mol. The number of hydrogen-bond donors (Lipinski definition) is 2. The first-order valence-corrected chi connectivity index (χ1v) is 7.69. The molecule has 0 atom stereocenters. The molecule has 3 N–H and O–H groups in total. The highest BCUT2D eigenvalue weighted by atomic mass is 16.1. The second-order valence-electron chi connectivity index (χ2n) is 5.55. The maximum Gasteiger partial charge on any atom is 0.244 e. The standard InChI is InChI=1S/C18H20N4O/c1-3-16-21-18-13(19)8-6-10-15(18)22(16)11-17(23)20-14-9-5-4-7-12(14)2/h4-10H,3,11,19H2,1-2H3,(H,20,23). The van der Waals surface area contributed by atoms with Gasteiger partial charge >= 0.3 is 0 Å². The zero-order valence-electron chi connectivity index (χ0n) is 13.3. The number of para-hydroxylation sites is 2. The molecule has 1 aromatic heterocycles. The third-order valence-electron chi connectivity index (χ3n) is 3.93. The smallest absolute Gasteiger partial charge is 0.244 e. The van der Waals surface area contributed by atoms with Crippen LogP contribution in [0.4, 0.5) is 11.4 Å². The highest BCUT2D eigenvalue weighted by Crippen LogP contribution is 2.22. The molecule has 0 saturated carbocycles. The summed E-state index contributed by atoms with van der Waals surface area (Å²) in [5.41, 5.74) is 10.1. The fraction of sp³-hybridized carbons (Fsp3) is 0.222. The number of benzene rings is 2. The van der Waals surface area contributed by atoms with Crippen molar-refractivity contribution in [3.8, 4) is 0 Å². The van der Waals surface area contributed by atoms with E-state index >= 15 is 0 Å². The number of nitrogens with one attached hydrogen (secondary N) is 1. The van der Waals surface area contributed by atoms with Crippen molar-refractivity contribution in [1.82, 2.24) is 9.55 Å². The highest BCUT2D eigenvalue weighted by Gasteiger charge is 2.14. The van der Waals surface area contributed by atoms with Crippen LogP contribution in [0.1, 0.15) is 18.3 Å². The minimum absolute atomic E-state index is 0.0734. The average Bonchev–Trinajstić information content (AvgIpc) is 2.89. The molecular weight excluding hydrogens is 288 g/mol. The van der Waals surface area contributed by atoms with Crippen LogP contribution in [0.25, 0.3) is 11.0 Å². The zero-order valence-corrected chi connectivity index (χ0v) is 13.3. The first-order chi connectivity index (χ1) is 11.1. The van der Waals surface area contributed by atoms with E-state index in [1.165, 1.54) is 0 Å². The minimum Gasteiger partial charge on any atom is -0.397 e. The van der Waals surface area contributed by atoms with Crippen molar-refractivity contribution < 1.29 is 4.79 Å². The number of imidazole rings is 1.